The van der Waals surface area contributed by atoms with Gasteiger partial charge in [0.15, 0.2) is 4.34 Å². The highest BCUT2D eigenvalue weighted by Gasteiger charge is 2.25. The number of carbonyl (C=O) groups excluding carboxylic acids is 2. The molecule has 0 atom stereocenters. The standard InChI is InChI=1S/C17H19N3O2S2/c18-16(22)13-6-8-20(9-7-13)15(21)11-24-17-19-14(10-23-17)12-4-2-1-3-5-12/h1-5,10,13H,6-9,11H2,(H2,18,22). The second-order valence-corrected chi connectivity index (χ2v) is 7.79. The molecule has 7 heteroatoms. The Morgan fingerprint density at radius 2 is 1.96 bits per heavy atom. The molecule has 1 saturated heterocycles. The molecule has 0 spiro atoms. The van der Waals surface area contributed by atoms with Crippen LogP contribution in [0.5, 0.6) is 0 Å². The molecule has 1 fully saturated rings. The van der Waals surface area contributed by atoms with Crippen molar-refractivity contribution in [3.05, 3.63) is 35.7 Å². The molecule has 3 rings (SSSR count). The van der Waals surface area contributed by atoms with Crippen LogP contribution in [0.4, 0.5) is 0 Å². The topological polar surface area (TPSA) is 76.3 Å². The molecule has 2 heterocycles. The summed E-state index contributed by atoms with van der Waals surface area (Å²) in [5, 5.41) is 2.01. The van der Waals surface area contributed by atoms with E-state index < -0.39 is 0 Å². The lowest BCUT2D eigenvalue weighted by Gasteiger charge is -2.30. The van der Waals surface area contributed by atoms with Gasteiger partial charge in [-0.3, -0.25) is 9.59 Å². The van der Waals surface area contributed by atoms with E-state index in [-0.39, 0.29) is 17.7 Å². The Labute approximate surface area is 149 Å². The zero-order chi connectivity index (χ0) is 16.9. The van der Waals surface area contributed by atoms with Gasteiger partial charge in [0, 0.05) is 30.0 Å². The maximum atomic E-state index is 12.3. The van der Waals surface area contributed by atoms with E-state index in [4.69, 9.17) is 5.73 Å². The van der Waals surface area contributed by atoms with Crippen molar-refractivity contribution in [2.45, 2.75) is 17.2 Å². The minimum Gasteiger partial charge on any atom is -0.369 e. The highest BCUT2D eigenvalue weighted by Crippen LogP contribution is 2.28. The molecule has 1 aromatic carbocycles. The largest absolute Gasteiger partial charge is 0.369 e. The Morgan fingerprint density at radius 1 is 1.25 bits per heavy atom. The molecule has 0 unspecified atom stereocenters. The predicted octanol–water partition coefficient (Wildman–Crippen LogP) is 2.63. The minimum absolute atomic E-state index is 0.0888. The number of hydrogen-bond acceptors (Lipinski definition) is 5. The second-order valence-electron chi connectivity index (χ2n) is 5.71. The van der Waals surface area contributed by atoms with Crippen molar-refractivity contribution in [3.8, 4) is 11.3 Å². The Hall–Kier alpha value is -1.86. The van der Waals surface area contributed by atoms with Crippen molar-refractivity contribution in [2.24, 2.45) is 11.7 Å². The lowest BCUT2D eigenvalue weighted by atomic mass is 9.96. The molecule has 0 aliphatic carbocycles. The van der Waals surface area contributed by atoms with E-state index in [1.54, 1.807) is 11.3 Å². The number of benzene rings is 1. The Bertz CT molecular complexity index is 710. The van der Waals surface area contributed by atoms with E-state index in [0.29, 0.717) is 31.7 Å². The monoisotopic (exact) mass is 361 g/mol. The normalized spacial score (nSPS) is 15.4. The Morgan fingerprint density at radius 3 is 2.62 bits per heavy atom. The Balaban J connectivity index is 1.50. The van der Waals surface area contributed by atoms with Gasteiger partial charge in [-0.1, -0.05) is 42.1 Å². The van der Waals surface area contributed by atoms with Crippen LogP contribution in [-0.4, -0.2) is 40.5 Å². The van der Waals surface area contributed by atoms with Crippen LogP contribution in [0.1, 0.15) is 12.8 Å². The number of likely N-dealkylation sites (tertiary alicyclic amines) is 1. The van der Waals surface area contributed by atoms with E-state index in [0.717, 1.165) is 15.6 Å². The first kappa shape index (κ1) is 17.0. The van der Waals surface area contributed by atoms with E-state index in [1.807, 2.05) is 40.6 Å². The SMILES string of the molecule is NC(=O)C1CCN(C(=O)CSc2nc(-c3ccccc3)cs2)CC1. The fraction of sp³-hybridized carbons (Fsp3) is 0.353. The molecule has 2 aromatic rings. The maximum absolute atomic E-state index is 12.3. The van der Waals surface area contributed by atoms with Gasteiger partial charge in [0.25, 0.3) is 0 Å². The van der Waals surface area contributed by atoms with Gasteiger partial charge in [0.05, 0.1) is 11.4 Å². The average molecular weight is 361 g/mol. The van der Waals surface area contributed by atoms with Crippen LogP contribution in [0.25, 0.3) is 11.3 Å². The van der Waals surface area contributed by atoms with Crippen LogP contribution in [0, 0.1) is 5.92 Å². The van der Waals surface area contributed by atoms with E-state index in [1.165, 1.54) is 11.8 Å². The number of hydrogen-bond donors (Lipinski definition) is 1. The summed E-state index contributed by atoms with van der Waals surface area (Å²) in [6.07, 6.45) is 1.34. The molecule has 1 aliphatic heterocycles. The number of piperidine rings is 1. The van der Waals surface area contributed by atoms with Crippen molar-refractivity contribution >= 4 is 34.9 Å². The minimum atomic E-state index is -0.257. The van der Waals surface area contributed by atoms with Gasteiger partial charge >= 0.3 is 0 Å². The number of amides is 2. The fourth-order valence-electron chi connectivity index (χ4n) is 2.69. The summed E-state index contributed by atoms with van der Waals surface area (Å²) in [5.74, 6) is 0.129. The summed E-state index contributed by atoms with van der Waals surface area (Å²) >= 11 is 3.03. The first-order chi connectivity index (χ1) is 11.6. The van der Waals surface area contributed by atoms with Crippen LogP contribution in [0.15, 0.2) is 40.1 Å². The molecule has 1 aliphatic rings. The first-order valence-electron chi connectivity index (χ1n) is 7.84. The Kier molecular flexibility index (Phi) is 5.52. The lowest BCUT2D eigenvalue weighted by Crippen LogP contribution is -2.42. The quantitative estimate of drug-likeness (QED) is 0.831. The van der Waals surface area contributed by atoms with Crippen LogP contribution < -0.4 is 5.73 Å². The number of rotatable bonds is 5. The van der Waals surface area contributed by atoms with Gasteiger partial charge < -0.3 is 10.6 Å². The lowest BCUT2D eigenvalue weighted by molar-refractivity contribution is -0.132. The third kappa shape index (κ3) is 4.15. The molecule has 0 saturated carbocycles. The summed E-state index contributed by atoms with van der Waals surface area (Å²) in [6.45, 7) is 1.22. The fourth-order valence-corrected chi connectivity index (χ4v) is 4.43. The number of thiazole rings is 1. The molecular weight excluding hydrogens is 342 g/mol. The molecule has 2 N–H and O–H groups in total. The van der Waals surface area contributed by atoms with Gasteiger partial charge in [-0.25, -0.2) is 4.98 Å². The molecule has 2 amide bonds. The molecule has 5 nitrogen and oxygen atoms in total. The van der Waals surface area contributed by atoms with E-state index >= 15 is 0 Å². The van der Waals surface area contributed by atoms with E-state index in [2.05, 4.69) is 4.98 Å². The van der Waals surface area contributed by atoms with Gasteiger partial charge in [-0.05, 0) is 12.8 Å². The van der Waals surface area contributed by atoms with Crippen molar-refractivity contribution in [1.82, 2.24) is 9.88 Å². The highest BCUT2D eigenvalue weighted by atomic mass is 32.2. The molecule has 24 heavy (non-hydrogen) atoms. The first-order valence-corrected chi connectivity index (χ1v) is 9.71. The number of carbonyl (C=O) groups is 2. The molecule has 0 radical (unpaired) electrons. The summed E-state index contributed by atoms with van der Waals surface area (Å²) in [6, 6.07) is 10.0. The maximum Gasteiger partial charge on any atom is 0.233 e. The smallest absolute Gasteiger partial charge is 0.233 e. The molecule has 1 aromatic heterocycles. The number of aromatic nitrogens is 1. The zero-order valence-corrected chi connectivity index (χ0v) is 14.8. The second kappa shape index (κ2) is 7.81. The number of primary amides is 1. The zero-order valence-electron chi connectivity index (χ0n) is 13.2. The predicted molar refractivity (Wildman–Crippen MR) is 96.8 cm³/mol. The highest BCUT2D eigenvalue weighted by molar-refractivity contribution is 8.01. The number of nitrogens with zero attached hydrogens (tertiary/aromatic N) is 2. The summed E-state index contributed by atoms with van der Waals surface area (Å²) in [5.41, 5.74) is 7.35. The van der Waals surface area contributed by atoms with Crippen molar-refractivity contribution in [2.75, 3.05) is 18.8 Å². The summed E-state index contributed by atoms with van der Waals surface area (Å²) in [4.78, 5) is 29.9. The number of thioether (sulfide) groups is 1. The van der Waals surface area contributed by atoms with Gasteiger partial charge in [0.2, 0.25) is 11.8 Å². The van der Waals surface area contributed by atoms with Crippen LogP contribution in [-0.2, 0) is 9.59 Å². The van der Waals surface area contributed by atoms with Gasteiger partial charge in [0.1, 0.15) is 0 Å². The third-order valence-corrected chi connectivity index (χ3v) is 6.13. The summed E-state index contributed by atoms with van der Waals surface area (Å²) in [7, 11) is 0. The van der Waals surface area contributed by atoms with Crippen LogP contribution in [0.3, 0.4) is 0 Å². The third-order valence-electron chi connectivity index (χ3n) is 4.12. The number of nitrogens with two attached hydrogens (primary N) is 1. The van der Waals surface area contributed by atoms with Crippen LogP contribution in [0.2, 0.25) is 0 Å². The van der Waals surface area contributed by atoms with Crippen molar-refractivity contribution in [3.63, 3.8) is 0 Å². The van der Waals surface area contributed by atoms with Crippen LogP contribution >= 0.6 is 23.1 Å². The van der Waals surface area contributed by atoms with Gasteiger partial charge in [-0.2, -0.15) is 0 Å². The van der Waals surface area contributed by atoms with E-state index in [9.17, 15) is 9.59 Å². The average Bonchev–Trinajstić information content (AvgIpc) is 3.09. The summed E-state index contributed by atoms with van der Waals surface area (Å²) < 4.78 is 0.897. The molecular formula is C17H19N3O2S2. The van der Waals surface area contributed by atoms with Crippen molar-refractivity contribution in [1.29, 1.82) is 0 Å². The molecule has 126 valence electrons. The van der Waals surface area contributed by atoms with Crippen molar-refractivity contribution < 1.29 is 9.59 Å². The van der Waals surface area contributed by atoms with Gasteiger partial charge in [-0.15, -0.1) is 11.3 Å². The molecule has 0 bridgehead atoms.